The third-order valence-electron chi connectivity index (χ3n) is 7.10. The van der Waals surface area contributed by atoms with Gasteiger partial charge in [0.25, 0.3) is 0 Å². The van der Waals surface area contributed by atoms with Gasteiger partial charge in [-0.1, -0.05) is 25.7 Å². The van der Waals surface area contributed by atoms with Crippen LogP contribution in [0, 0.1) is 0 Å². The van der Waals surface area contributed by atoms with Gasteiger partial charge in [-0.3, -0.25) is 9.89 Å². The Morgan fingerprint density at radius 1 is 1.00 bits per heavy atom. The van der Waals surface area contributed by atoms with E-state index in [1.165, 1.54) is 51.4 Å². The third kappa shape index (κ3) is 5.14. The Balaban J connectivity index is 1.29. The van der Waals surface area contributed by atoms with Crippen molar-refractivity contribution in [3.05, 3.63) is 11.6 Å². The highest BCUT2D eigenvalue weighted by atomic mass is 16.5. The zero-order chi connectivity index (χ0) is 20.7. The number of fused-ring (bicyclic) bond motifs is 1. The van der Waals surface area contributed by atoms with Gasteiger partial charge in [0.15, 0.2) is 5.96 Å². The highest BCUT2D eigenvalue weighted by Crippen LogP contribution is 2.33. The first-order valence-electron chi connectivity index (χ1n) is 12.0. The third-order valence-corrected chi connectivity index (χ3v) is 7.10. The Bertz CT molecular complexity index is 690. The normalized spacial score (nSPS) is 22.9. The van der Waals surface area contributed by atoms with Crippen molar-refractivity contribution in [2.45, 2.75) is 76.3 Å². The molecule has 2 N–H and O–H groups in total. The van der Waals surface area contributed by atoms with Gasteiger partial charge in [0, 0.05) is 58.2 Å². The molecule has 1 aliphatic carbocycles. The molecule has 0 radical (unpaired) electrons. The largest absolute Gasteiger partial charge is 0.379 e. The molecule has 30 heavy (non-hydrogen) atoms. The maximum Gasteiger partial charge on any atom is 0.191 e. The van der Waals surface area contributed by atoms with Crippen molar-refractivity contribution < 1.29 is 4.74 Å². The quantitative estimate of drug-likeness (QED) is 0.542. The molecule has 2 aliphatic heterocycles. The Morgan fingerprint density at radius 2 is 1.80 bits per heavy atom. The molecule has 0 atom stereocenters. The fourth-order valence-corrected chi connectivity index (χ4v) is 5.34. The van der Waals surface area contributed by atoms with Crippen molar-refractivity contribution in [3.63, 3.8) is 0 Å². The fourth-order valence-electron chi connectivity index (χ4n) is 5.34. The summed E-state index contributed by atoms with van der Waals surface area (Å²) in [5.74, 6) is 3.16. The van der Waals surface area contributed by atoms with Crippen molar-refractivity contribution in [2.75, 3.05) is 46.4 Å². The molecule has 0 aromatic carbocycles. The number of hydrogen-bond donors (Lipinski definition) is 2. The Morgan fingerprint density at radius 3 is 2.60 bits per heavy atom. The first-order chi connectivity index (χ1) is 14.8. The number of hydrogen-bond acceptors (Lipinski definition) is 5. The van der Waals surface area contributed by atoms with E-state index in [1.807, 2.05) is 7.05 Å². The molecule has 3 heterocycles. The van der Waals surface area contributed by atoms with Crippen LogP contribution in [0.3, 0.4) is 0 Å². The summed E-state index contributed by atoms with van der Waals surface area (Å²) in [6.07, 6.45) is 12.2. The van der Waals surface area contributed by atoms with E-state index in [-0.39, 0.29) is 5.54 Å². The van der Waals surface area contributed by atoms with Crippen LogP contribution in [0.2, 0.25) is 0 Å². The van der Waals surface area contributed by atoms with Gasteiger partial charge in [-0.2, -0.15) is 0 Å². The maximum atomic E-state index is 5.61. The molecule has 0 bridgehead atoms. The van der Waals surface area contributed by atoms with Crippen molar-refractivity contribution in [2.24, 2.45) is 4.99 Å². The SMILES string of the molecule is CN=C(NCCc1nnc2n1CCCCC2)NCC1(N2CCOCC2)CCCCC1. The van der Waals surface area contributed by atoms with Crippen LogP contribution in [0.4, 0.5) is 0 Å². The van der Waals surface area contributed by atoms with Gasteiger partial charge in [-0.15, -0.1) is 10.2 Å². The zero-order valence-corrected chi connectivity index (χ0v) is 18.7. The second kappa shape index (κ2) is 10.6. The summed E-state index contributed by atoms with van der Waals surface area (Å²) in [5.41, 5.74) is 0.240. The highest BCUT2D eigenvalue weighted by molar-refractivity contribution is 5.79. The number of nitrogens with zero attached hydrogens (tertiary/aromatic N) is 5. The van der Waals surface area contributed by atoms with Crippen LogP contribution < -0.4 is 10.6 Å². The number of aromatic nitrogens is 3. The lowest BCUT2D eigenvalue weighted by Gasteiger charge is -2.48. The minimum atomic E-state index is 0.240. The molecule has 1 aromatic rings. The molecular weight excluding hydrogens is 378 g/mol. The van der Waals surface area contributed by atoms with E-state index in [4.69, 9.17) is 4.74 Å². The second-order valence-corrected chi connectivity index (χ2v) is 8.98. The topological polar surface area (TPSA) is 79.6 Å². The first-order valence-corrected chi connectivity index (χ1v) is 12.0. The van der Waals surface area contributed by atoms with Crippen LogP contribution in [0.5, 0.6) is 0 Å². The maximum absolute atomic E-state index is 5.61. The van der Waals surface area contributed by atoms with Crippen molar-refractivity contribution in [1.29, 1.82) is 0 Å². The molecule has 4 rings (SSSR count). The Kier molecular flexibility index (Phi) is 7.60. The predicted molar refractivity (Wildman–Crippen MR) is 119 cm³/mol. The molecule has 1 aromatic heterocycles. The molecular formula is C22H39N7O. The lowest BCUT2D eigenvalue weighted by Crippen LogP contribution is -2.60. The van der Waals surface area contributed by atoms with Crippen LogP contribution in [0.25, 0.3) is 0 Å². The molecule has 8 nitrogen and oxygen atoms in total. The smallest absolute Gasteiger partial charge is 0.191 e. The van der Waals surface area contributed by atoms with Crippen LogP contribution in [-0.2, 0) is 24.1 Å². The molecule has 0 amide bonds. The molecule has 2 fully saturated rings. The average molecular weight is 418 g/mol. The molecule has 168 valence electrons. The molecule has 8 heteroatoms. The van der Waals surface area contributed by atoms with E-state index in [0.29, 0.717) is 0 Å². The summed E-state index contributed by atoms with van der Waals surface area (Å²) in [4.78, 5) is 7.15. The monoisotopic (exact) mass is 417 g/mol. The van der Waals surface area contributed by atoms with E-state index in [1.54, 1.807) is 0 Å². The van der Waals surface area contributed by atoms with Gasteiger partial charge in [0.1, 0.15) is 11.6 Å². The first kappa shape index (κ1) is 21.6. The second-order valence-electron chi connectivity index (χ2n) is 8.98. The summed E-state index contributed by atoms with van der Waals surface area (Å²) in [5, 5.41) is 16.0. The number of aliphatic imine (C=N–C) groups is 1. The number of guanidine groups is 1. The van der Waals surface area contributed by atoms with Gasteiger partial charge in [0.05, 0.1) is 13.2 Å². The number of morpholine rings is 1. The minimum absolute atomic E-state index is 0.240. The van der Waals surface area contributed by atoms with Crippen LogP contribution in [0.15, 0.2) is 4.99 Å². The predicted octanol–water partition coefficient (Wildman–Crippen LogP) is 1.75. The minimum Gasteiger partial charge on any atom is -0.379 e. The van der Waals surface area contributed by atoms with Crippen LogP contribution in [-0.4, -0.2) is 77.6 Å². The fraction of sp³-hybridized carbons (Fsp3) is 0.864. The molecule has 1 saturated carbocycles. The van der Waals surface area contributed by atoms with Crippen molar-refractivity contribution in [1.82, 2.24) is 30.3 Å². The summed E-state index contributed by atoms with van der Waals surface area (Å²) in [7, 11) is 1.86. The standard InChI is InChI=1S/C22H39N7O/c1-23-21(24-12-9-20-27-26-19-8-4-2-7-13-29(19)20)25-18-22(10-5-3-6-11-22)28-14-16-30-17-15-28/h2-18H2,1H3,(H2,23,24,25). The number of ether oxygens (including phenoxy) is 1. The number of rotatable bonds is 6. The van der Waals surface area contributed by atoms with Gasteiger partial charge in [-0.05, 0) is 25.7 Å². The molecule has 0 unspecified atom stereocenters. The van der Waals surface area contributed by atoms with Gasteiger partial charge in [-0.25, -0.2) is 0 Å². The van der Waals surface area contributed by atoms with E-state index >= 15 is 0 Å². The van der Waals surface area contributed by atoms with Crippen molar-refractivity contribution in [3.8, 4) is 0 Å². The molecule has 0 spiro atoms. The molecule has 3 aliphatic rings. The van der Waals surface area contributed by atoms with E-state index in [2.05, 4.69) is 35.3 Å². The van der Waals surface area contributed by atoms with Gasteiger partial charge >= 0.3 is 0 Å². The Labute approximate surface area is 180 Å². The summed E-state index contributed by atoms with van der Waals surface area (Å²) < 4.78 is 7.94. The van der Waals surface area contributed by atoms with Gasteiger partial charge < -0.3 is 19.9 Å². The number of aryl methyl sites for hydroxylation is 1. The van der Waals surface area contributed by atoms with Crippen LogP contribution in [0.1, 0.15) is 63.0 Å². The van der Waals surface area contributed by atoms with E-state index in [9.17, 15) is 0 Å². The van der Waals surface area contributed by atoms with Crippen molar-refractivity contribution >= 4 is 5.96 Å². The van der Waals surface area contributed by atoms with E-state index in [0.717, 1.165) is 76.4 Å². The van der Waals surface area contributed by atoms with Gasteiger partial charge in [0.2, 0.25) is 0 Å². The summed E-state index contributed by atoms with van der Waals surface area (Å²) in [6, 6.07) is 0. The summed E-state index contributed by atoms with van der Waals surface area (Å²) >= 11 is 0. The van der Waals surface area contributed by atoms with E-state index < -0.39 is 0 Å². The highest BCUT2D eigenvalue weighted by Gasteiger charge is 2.38. The lowest BCUT2D eigenvalue weighted by atomic mass is 9.80. The molecule has 1 saturated heterocycles. The number of nitrogens with one attached hydrogen (secondary N) is 2. The van der Waals surface area contributed by atoms with Crippen LogP contribution >= 0.6 is 0 Å². The zero-order valence-electron chi connectivity index (χ0n) is 18.7. The lowest BCUT2D eigenvalue weighted by molar-refractivity contribution is -0.0352. The Hall–Kier alpha value is -1.67. The average Bonchev–Trinajstić information content (AvgIpc) is 3.03. The summed E-state index contributed by atoms with van der Waals surface area (Å²) in [6.45, 7) is 6.65.